The van der Waals surface area contributed by atoms with Crippen molar-refractivity contribution in [1.82, 2.24) is 0 Å². The molecule has 0 bridgehead atoms. The summed E-state index contributed by atoms with van der Waals surface area (Å²) >= 11 is 0. The topological polar surface area (TPSA) is 83.6 Å². The van der Waals surface area contributed by atoms with Crippen molar-refractivity contribution in [2.24, 2.45) is 67.7 Å². The van der Waals surface area contributed by atoms with Crippen LogP contribution in [-0.4, -0.2) is 36.0 Å². The molecule has 4 saturated carbocycles. The monoisotopic (exact) mass is 487 g/mol. The van der Waals surface area contributed by atoms with E-state index < -0.39 is 0 Å². The van der Waals surface area contributed by atoms with E-state index in [1.165, 1.54) is 25.7 Å². The third-order valence-corrected chi connectivity index (χ3v) is 11.3. The van der Waals surface area contributed by atoms with Crippen LogP contribution in [0.3, 0.4) is 0 Å². The number of carbonyl (C=O) groups is 1. The zero-order valence-corrected chi connectivity index (χ0v) is 23.2. The van der Waals surface area contributed by atoms with E-state index in [-0.39, 0.29) is 29.0 Å². The summed E-state index contributed by atoms with van der Waals surface area (Å²) in [5.74, 6) is 3.43. The lowest BCUT2D eigenvalue weighted by Crippen LogP contribution is -2.63. The standard InChI is InChI=1S/C29H49N3O3/c1-8-21-25-16-20(34)11-13-29(25,6)24-12-14-28(5)22(17(2)15-18(3)31-32-30-7)9-10-23(28)26(24)27(21)35-19(4)33/h17,20-27,34H,8-16H2,1-7H3/b31-18+,32-30-/t17-,20-,21-,22-,23+,24+,25+,26+,27-,28-,29-/m1/s1. The maximum absolute atomic E-state index is 12.4. The summed E-state index contributed by atoms with van der Waals surface area (Å²) in [5.41, 5.74) is 1.56. The Morgan fingerprint density at radius 1 is 1.06 bits per heavy atom. The summed E-state index contributed by atoms with van der Waals surface area (Å²) in [5, 5.41) is 22.5. The van der Waals surface area contributed by atoms with Gasteiger partial charge in [0.05, 0.1) is 13.2 Å². The van der Waals surface area contributed by atoms with Crippen molar-refractivity contribution in [1.29, 1.82) is 0 Å². The molecular weight excluding hydrogens is 438 g/mol. The average Bonchev–Trinajstić information content (AvgIpc) is 3.15. The highest BCUT2D eigenvalue weighted by Crippen LogP contribution is 2.70. The van der Waals surface area contributed by atoms with Crippen LogP contribution in [0.5, 0.6) is 0 Å². The number of hydrogen-bond donors (Lipinski definition) is 1. The lowest BCUT2D eigenvalue weighted by Gasteiger charge is -2.65. The Labute approximate surface area is 212 Å². The van der Waals surface area contributed by atoms with Crippen LogP contribution >= 0.6 is 0 Å². The summed E-state index contributed by atoms with van der Waals surface area (Å²) in [6.07, 6.45) is 9.59. The Balaban J connectivity index is 1.67. The first kappa shape index (κ1) is 26.8. The maximum Gasteiger partial charge on any atom is 0.302 e. The molecule has 0 unspecified atom stereocenters. The molecule has 198 valence electrons. The predicted molar refractivity (Wildman–Crippen MR) is 139 cm³/mol. The molecule has 0 amide bonds. The van der Waals surface area contributed by atoms with Crippen LogP contribution < -0.4 is 0 Å². The molecule has 0 aromatic rings. The van der Waals surface area contributed by atoms with Crippen molar-refractivity contribution in [3.8, 4) is 0 Å². The van der Waals surface area contributed by atoms with Gasteiger partial charge in [0.15, 0.2) is 0 Å². The van der Waals surface area contributed by atoms with Gasteiger partial charge >= 0.3 is 5.97 Å². The van der Waals surface area contributed by atoms with E-state index in [0.29, 0.717) is 41.4 Å². The summed E-state index contributed by atoms with van der Waals surface area (Å²) in [4.78, 5) is 12.4. The molecule has 4 aliphatic carbocycles. The number of aliphatic hydroxyl groups excluding tert-OH is 1. The Morgan fingerprint density at radius 3 is 2.40 bits per heavy atom. The molecule has 0 heterocycles. The van der Waals surface area contributed by atoms with Gasteiger partial charge in [0.2, 0.25) is 0 Å². The number of ether oxygens (including phenoxy) is 1. The van der Waals surface area contributed by atoms with E-state index in [4.69, 9.17) is 4.74 Å². The van der Waals surface area contributed by atoms with Crippen LogP contribution in [0.25, 0.3) is 0 Å². The molecule has 4 aliphatic rings. The third-order valence-electron chi connectivity index (χ3n) is 11.3. The molecule has 0 aliphatic heterocycles. The van der Waals surface area contributed by atoms with Gasteiger partial charge in [0, 0.05) is 18.6 Å². The number of aliphatic hydroxyl groups is 1. The first-order valence-electron chi connectivity index (χ1n) is 14.2. The number of carbonyl (C=O) groups excluding carboxylic acids is 1. The van der Waals surface area contributed by atoms with Gasteiger partial charge in [0.1, 0.15) is 6.10 Å². The SMILES string of the molecule is CC[C@H]1[C@@H](OC(C)=O)[C@@H]2[C@H](CC[C@]3(C)[C@@H]([C@H](C)C/C(C)=N/N=N\C)CC[C@@H]23)[C@@]2(C)CC[C@@H](O)C[C@@H]12. The Morgan fingerprint density at radius 2 is 1.74 bits per heavy atom. The Bertz CT molecular complexity index is 843. The summed E-state index contributed by atoms with van der Waals surface area (Å²) in [6, 6.07) is 0. The maximum atomic E-state index is 12.4. The van der Waals surface area contributed by atoms with E-state index in [2.05, 4.69) is 50.1 Å². The van der Waals surface area contributed by atoms with E-state index in [9.17, 15) is 9.90 Å². The summed E-state index contributed by atoms with van der Waals surface area (Å²) < 4.78 is 6.29. The van der Waals surface area contributed by atoms with Crippen molar-refractivity contribution < 1.29 is 14.6 Å². The highest BCUT2D eigenvalue weighted by atomic mass is 16.5. The molecule has 0 saturated heterocycles. The lowest BCUT2D eigenvalue weighted by molar-refractivity contribution is -0.217. The highest BCUT2D eigenvalue weighted by Gasteiger charge is 2.65. The molecule has 0 aromatic carbocycles. The molecule has 0 spiro atoms. The van der Waals surface area contributed by atoms with Crippen LogP contribution in [0.1, 0.15) is 99.3 Å². The van der Waals surface area contributed by atoms with Gasteiger partial charge in [0.25, 0.3) is 0 Å². The van der Waals surface area contributed by atoms with Gasteiger partial charge in [-0.25, -0.2) is 0 Å². The van der Waals surface area contributed by atoms with Crippen LogP contribution in [-0.2, 0) is 9.53 Å². The first-order valence-corrected chi connectivity index (χ1v) is 14.2. The van der Waals surface area contributed by atoms with E-state index in [1.54, 1.807) is 14.0 Å². The number of fused-ring (bicyclic) bond motifs is 5. The second kappa shape index (κ2) is 10.2. The molecule has 4 fully saturated rings. The van der Waals surface area contributed by atoms with Crippen LogP contribution in [0.4, 0.5) is 0 Å². The minimum atomic E-state index is -0.209. The van der Waals surface area contributed by atoms with Crippen LogP contribution in [0.2, 0.25) is 0 Å². The molecule has 6 nitrogen and oxygen atoms in total. The van der Waals surface area contributed by atoms with Crippen molar-refractivity contribution in [3.05, 3.63) is 0 Å². The van der Waals surface area contributed by atoms with E-state index in [1.807, 2.05) is 0 Å². The molecule has 4 rings (SSSR count). The van der Waals surface area contributed by atoms with Gasteiger partial charge in [-0.2, -0.15) is 5.11 Å². The number of rotatable bonds is 6. The first-order chi connectivity index (χ1) is 16.6. The summed E-state index contributed by atoms with van der Waals surface area (Å²) in [7, 11) is 1.66. The minimum Gasteiger partial charge on any atom is -0.462 e. The molecule has 11 atom stereocenters. The smallest absolute Gasteiger partial charge is 0.302 e. The number of nitrogens with zero attached hydrogens (tertiary/aromatic N) is 3. The van der Waals surface area contributed by atoms with Gasteiger partial charge in [-0.05, 0) is 111 Å². The molecule has 1 N–H and O–H groups in total. The van der Waals surface area contributed by atoms with Gasteiger partial charge < -0.3 is 9.84 Å². The zero-order chi connectivity index (χ0) is 25.5. The Kier molecular flexibility index (Phi) is 7.81. The molecule has 6 heteroatoms. The van der Waals surface area contributed by atoms with Crippen LogP contribution in [0, 0.1) is 52.3 Å². The lowest BCUT2D eigenvalue weighted by atomic mass is 9.41. The Hall–Kier alpha value is -1.30. The van der Waals surface area contributed by atoms with Gasteiger partial charge in [-0.15, -0.1) is 5.10 Å². The average molecular weight is 488 g/mol. The second-order valence-electron chi connectivity index (χ2n) is 13.0. The molecule has 35 heavy (non-hydrogen) atoms. The quantitative estimate of drug-likeness (QED) is 0.197. The molecule has 0 radical (unpaired) electrons. The van der Waals surface area contributed by atoms with E-state index in [0.717, 1.165) is 37.8 Å². The predicted octanol–water partition coefficient (Wildman–Crippen LogP) is 6.67. The third kappa shape index (κ3) is 4.62. The van der Waals surface area contributed by atoms with Crippen molar-refractivity contribution in [2.45, 2.75) is 112 Å². The van der Waals surface area contributed by atoms with Gasteiger partial charge in [-0.3, -0.25) is 4.79 Å². The fraction of sp³-hybridized carbons (Fsp3) is 0.931. The fourth-order valence-electron chi connectivity index (χ4n) is 10.0. The number of esters is 1. The van der Waals surface area contributed by atoms with Crippen molar-refractivity contribution in [3.63, 3.8) is 0 Å². The highest BCUT2D eigenvalue weighted by molar-refractivity contribution is 5.81. The van der Waals surface area contributed by atoms with Crippen LogP contribution in [0.15, 0.2) is 15.4 Å². The fourth-order valence-corrected chi connectivity index (χ4v) is 10.0. The number of hydrogen-bond acceptors (Lipinski definition) is 5. The van der Waals surface area contributed by atoms with E-state index >= 15 is 0 Å². The normalized spacial score (nSPS) is 46.6. The minimum absolute atomic E-state index is 0.0159. The largest absolute Gasteiger partial charge is 0.462 e. The van der Waals surface area contributed by atoms with Crippen molar-refractivity contribution >= 4 is 11.7 Å². The van der Waals surface area contributed by atoms with Gasteiger partial charge in [-0.1, -0.05) is 32.9 Å². The molecule has 0 aromatic heterocycles. The zero-order valence-electron chi connectivity index (χ0n) is 23.2. The molecular formula is C29H49N3O3. The second-order valence-corrected chi connectivity index (χ2v) is 13.0. The summed E-state index contributed by atoms with van der Waals surface area (Å²) in [6.45, 7) is 13.4. The van der Waals surface area contributed by atoms with Crippen molar-refractivity contribution in [2.75, 3.05) is 7.05 Å².